The highest BCUT2D eigenvalue weighted by atomic mass is 32.2. The van der Waals surface area contributed by atoms with Crippen LogP contribution in [0.3, 0.4) is 0 Å². The lowest BCUT2D eigenvalue weighted by Crippen LogP contribution is -2.55. The Bertz CT molecular complexity index is 595. The Morgan fingerprint density at radius 3 is 2.65 bits per heavy atom. The number of aliphatic hydroxyl groups is 1. The first-order chi connectivity index (χ1) is 9.41. The van der Waals surface area contributed by atoms with Crippen molar-refractivity contribution in [3.05, 3.63) is 0 Å². The number of hydrogen-bond donors (Lipinski definition) is 1. The van der Waals surface area contributed by atoms with Gasteiger partial charge in [0.15, 0.2) is 9.84 Å². The highest BCUT2D eigenvalue weighted by Gasteiger charge is 2.69. The molecule has 4 nitrogen and oxygen atoms in total. The van der Waals surface area contributed by atoms with Gasteiger partial charge in [-0.25, -0.2) is 8.42 Å². The second kappa shape index (κ2) is 3.78. The van der Waals surface area contributed by atoms with Crippen LogP contribution in [-0.2, 0) is 9.84 Å². The quantitative estimate of drug-likeness (QED) is 0.795. The Hall–Kier alpha value is -0.600. The highest BCUT2D eigenvalue weighted by Crippen LogP contribution is 2.67. The van der Waals surface area contributed by atoms with Crippen LogP contribution in [0.2, 0.25) is 0 Å². The molecule has 20 heavy (non-hydrogen) atoms. The van der Waals surface area contributed by atoms with Gasteiger partial charge in [-0.05, 0) is 55.8 Å². The van der Waals surface area contributed by atoms with E-state index in [2.05, 4.69) is 6.07 Å². The second-order valence-electron chi connectivity index (χ2n) is 7.53. The Labute approximate surface area is 120 Å². The number of fused-ring (bicyclic) bond motifs is 5. The molecular formula is C15H21NO3S. The molecule has 4 rings (SSSR count). The first kappa shape index (κ1) is 13.1. The fourth-order valence-corrected chi connectivity index (χ4v) is 8.05. The molecule has 6 unspecified atom stereocenters. The highest BCUT2D eigenvalue weighted by molar-refractivity contribution is 7.91. The number of rotatable bonds is 1. The second-order valence-corrected chi connectivity index (χ2v) is 9.71. The molecule has 3 aliphatic carbocycles. The lowest BCUT2D eigenvalue weighted by atomic mass is 9.60. The molecule has 0 aromatic carbocycles. The summed E-state index contributed by atoms with van der Waals surface area (Å²) < 4.78 is 23.8. The molecule has 6 atom stereocenters. The zero-order valence-corrected chi connectivity index (χ0v) is 12.4. The van der Waals surface area contributed by atoms with E-state index in [9.17, 15) is 18.8 Å². The lowest BCUT2D eigenvalue weighted by molar-refractivity contribution is -0.111. The van der Waals surface area contributed by atoms with E-state index in [4.69, 9.17) is 0 Å². The summed E-state index contributed by atoms with van der Waals surface area (Å²) in [5, 5.41) is 21.0. The van der Waals surface area contributed by atoms with Crippen molar-refractivity contribution in [3.8, 4) is 6.07 Å². The molecular weight excluding hydrogens is 274 g/mol. The van der Waals surface area contributed by atoms with Gasteiger partial charge in [0.05, 0.1) is 23.2 Å². The minimum Gasteiger partial charge on any atom is -0.388 e. The van der Waals surface area contributed by atoms with Crippen molar-refractivity contribution in [2.45, 2.75) is 44.1 Å². The summed E-state index contributed by atoms with van der Waals surface area (Å²) in [5.41, 5.74) is -2.10. The van der Waals surface area contributed by atoms with Gasteiger partial charge in [0.2, 0.25) is 0 Å². The molecule has 110 valence electrons. The van der Waals surface area contributed by atoms with E-state index >= 15 is 0 Å². The van der Waals surface area contributed by atoms with Crippen molar-refractivity contribution in [2.24, 2.45) is 29.1 Å². The van der Waals surface area contributed by atoms with Gasteiger partial charge in [-0.3, -0.25) is 0 Å². The van der Waals surface area contributed by atoms with Crippen molar-refractivity contribution in [3.63, 3.8) is 0 Å². The summed E-state index contributed by atoms with van der Waals surface area (Å²) in [6.45, 7) is 0. The molecule has 0 aromatic heterocycles. The number of sulfone groups is 1. The van der Waals surface area contributed by atoms with E-state index in [1.54, 1.807) is 0 Å². The molecule has 0 aromatic rings. The first-order valence-electron chi connectivity index (χ1n) is 7.75. The third kappa shape index (κ3) is 1.42. The Balaban J connectivity index is 1.74. The first-order valence-corrected chi connectivity index (χ1v) is 9.57. The van der Waals surface area contributed by atoms with E-state index < -0.39 is 20.9 Å². The van der Waals surface area contributed by atoms with Gasteiger partial charge in [0.1, 0.15) is 5.41 Å². The molecule has 5 heteroatoms. The van der Waals surface area contributed by atoms with Crippen LogP contribution in [0, 0.1) is 40.4 Å². The van der Waals surface area contributed by atoms with Crippen molar-refractivity contribution in [2.75, 3.05) is 11.5 Å². The van der Waals surface area contributed by atoms with E-state index in [1.165, 1.54) is 12.8 Å². The third-order valence-corrected chi connectivity index (χ3v) is 8.60. The number of nitriles is 1. The predicted octanol–water partition coefficient (Wildman–Crippen LogP) is 1.50. The van der Waals surface area contributed by atoms with Gasteiger partial charge < -0.3 is 5.11 Å². The molecule has 2 bridgehead atoms. The monoisotopic (exact) mass is 295 g/mol. The summed E-state index contributed by atoms with van der Waals surface area (Å²) in [4.78, 5) is 0. The van der Waals surface area contributed by atoms with Crippen molar-refractivity contribution >= 4 is 9.84 Å². The average Bonchev–Trinajstić information content (AvgIpc) is 3.08. The number of hydrogen-bond acceptors (Lipinski definition) is 4. The van der Waals surface area contributed by atoms with Crippen LogP contribution in [0.1, 0.15) is 38.5 Å². The van der Waals surface area contributed by atoms with Crippen LogP contribution in [0.4, 0.5) is 0 Å². The molecule has 0 radical (unpaired) electrons. The average molecular weight is 295 g/mol. The largest absolute Gasteiger partial charge is 0.388 e. The minimum absolute atomic E-state index is 0.0638. The van der Waals surface area contributed by atoms with E-state index in [1.807, 2.05) is 0 Å². The van der Waals surface area contributed by atoms with Crippen LogP contribution in [0.15, 0.2) is 0 Å². The SMILES string of the molecule is N#CC1(C2(O)CC3CC2C2CCCC32)CCS(=O)(=O)C1. The summed E-state index contributed by atoms with van der Waals surface area (Å²) in [7, 11) is -3.16. The molecule has 4 aliphatic rings. The van der Waals surface area contributed by atoms with Crippen LogP contribution < -0.4 is 0 Å². The minimum atomic E-state index is -3.16. The Morgan fingerprint density at radius 2 is 2.00 bits per heavy atom. The van der Waals surface area contributed by atoms with Gasteiger partial charge >= 0.3 is 0 Å². The smallest absolute Gasteiger partial charge is 0.152 e. The van der Waals surface area contributed by atoms with Gasteiger partial charge in [-0.15, -0.1) is 0 Å². The fourth-order valence-electron chi connectivity index (χ4n) is 6.04. The molecule has 1 heterocycles. The molecule has 1 saturated heterocycles. The standard InChI is InChI=1S/C15H21NO3S/c16-8-14(4-5-20(18,19)9-14)15(17)7-10-6-13(15)12-3-1-2-11(10)12/h10-13,17H,1-7,9H2. The summed E-state index contributed by atoms with van der Waals surface area (Å²) in [5.74, 6) is 1.88. The van der Waals surface area contributed by atoms with Crippen molar-refractivity contribution in [1.82, 2.24) is 0 Å². The Morgan fingerprint density at radius 1 is 1.25 bits per heavy atom. The maximum absolute atomic E-state index is 11.9. The summed E-state index contributed by atoms with van der Waals surface area (Å²) in [6.07, 6.45) is 5.64. The molecule has 0 spiro atoms. The molecule has 1 N–H and O–H groups in total. The topological polar surface area (TPSA) is 78.2 Å². The van der Waals surface area contributed by atoms with Gasteiger partial charge in [-0.1, -0.05) is 6.42 Å². The Kier molecular flexibility index (Phi) is 2.47. The molecule has 1 aliphatic heterocycles. The van der Waals surface area contributed by atoms with E-state index in [0.717, 1.165) is 18.8 Å². The normalized spacial score (nSPS) is 55.8. The lowest BCUT2D eigenvalue weighted by Gasteiger charge is -2.46. The molecule has 0 amide bonds. The third-order valence-electron chi connectivity index (χ3n) is 6.84. The van der Waals surface area contributed by atoms with Gasteiger partial charge in [0.25, 0.3) is 0 Å². The zero-order chi connectivity index (χ0) is 14.2. The van der Waals surface area contributed by atoms with Crippen LogP contribution in [0.5, 0.6) is 0 Å². The zero-order valence-electron chi connectivity index (χ0n) is 11.6. The summed E-state index contributed by atoms with van der Waals surface area (Å²) in [6, 6.07) is 2.25. The molecule has 4 fully saturated rings. The maximum atomic E-state index is 11.9. The van der Waals surface area contributed by atoms with Crippen molar-refractivity contribution in [1.29, 1.82) is 5.26 Å². The van der Waals surface area contributed by atoms with Crippen LogP contribution in [-0.4, -0.2) is 30.6 Å². The molecule has 3 saturated carbocycles. The fraction of sp³-hybridized carbons (Fsp3) is 0.933. The maximum Gasteiger partial charge on any atom is 0.152 e. The number of nitrogens with zero attached hydrogens (tertiary/aromatic N) is 1. The van der Waals surface area contributed by atoms with Crippen LogP contribution >= 0.6 is 0 Å². The van der Waals surface area contributed by atoms with Gasteiger partial charge in [-0.2, -0.15) is 5.26 Å². The van der Waals surface area contributed by atoms with Gasteiger partial charge in [0, 0.05) is 0 Å². The van der Waals surface area contributed by atoms with Crippen LogP contribution in [0.25, 0.3) is 0 Å². The van der Waals surface area contributed by atoms with E-state index in [-0.39, 0.29) is 17.4 Å². The predicted molar refractivity (Wildman–Crippen MR) is 73.3 cm³/mol. The summed E-state index contributed by atoms with van der Waals surface area (Å²) >= 11 is 0. The van der Waals surface area contributed by atoms with E-state index in [0.29, 0.717) is 24.7 Å². The van der Waals surface area contributed by atoms with Crippen molar-refractivity contribution < 1.29 is 13.5 Å².